The molecule has 100 valence electrons. The first-order valence-corrected chi connectivity index (χ1v) is 7.54. The van der Waals surface area contributed by atoms with Gasteiger partial charge in [0.15, 0.2) is 0 Å². The second-order valence-corrected chi connectivity index (χ2v) is 6.21. The second-order valence-electron chi connectivity index (χ2n) is 4.44. The van der Waals surface area contributed by atoms with E-state index in [0.29, 0.717) is 5.56 Å². The van der Waals surface area contributed by atoms with Crippen molar-refractivity contribution in [2.24, 2.45) is 0 Å². The molecule has 1 atom stereocenters. The highest BCUT2D eigenvalue weighted by molar-refractivity contribution is 9.10. The van der Waals surface area contributed by atoms with Crippen LogP contribution in [0.15, 0.2) is 45.3 Å². The average Bonchev–Trinajstić information content (AvgIpc) is 2.34. The van der Waals surface area contributed by atoms with E-state index in [2.05, 4.69) is 37.2 Å². The van der Waals surface area contributed by atoms with E-state index in [4.69, 9.17) is 0 Å². The van der Waals surface area contributed by atoms with Crippen LogP contribution in [0.25, 0.3) is 0 Å². The molecule has 4 heteroatoms. The lowest BCUT2D eigenvalue weighted by molar-refractivity contribution is 0.599. The maximum absolute atomic E-state index is 13.9. The van der Waals surface area contributed by atoms with Gasteiger partial charge in [0.1, 0.15) is 5.82 Å². The van der Waals surface area contributed by atoms with E-state index in [-0.39, 0.29) is 11.9 Å². The number of anilines is 1. The Hall–Kier alpha value is -0.870. The van der Waals surface area contributed by atoms with Gasteiger partial charge in [0, 0.05) is 20.2 Å². The summed E-state index contributed by atoms with van der Waals surface area (Å²) < 4.78 is 15.7. The van der Waals surface area contributed by atoms with Crippen molar-refractivity contribution in [3.05, 3.63) is 62.3 Å². The minimum absolute atomic E-state index is 0.0962. The van der Waals surface area contributed by atoms with Crippen LogP contribution >= 0.6 is 31.9 Å². The fraction of sp³-hybridized carbons (Fsp3) is 0.200. The largest absolute Gasteiger partial charge is 0.378 e. The predicted octanol–water partition coefficient (Wildman–Crippen LogP) is 5.83. The predicted molar refractivity (Wildman–Crippen MR) is 85.0 cm³/mol. The Morgan fingerprint density at radius 1 is 1.16 bits per heavy atom. The van der Waals surface area contributed by atoms with Crippen LogP contribution in [0.2, 0.25) is 0 Å². The molecule has 0 aliphatic carbocycles. The van der Waals surface area contributed by atoms with Gasteiger partial charge in [-0.25, -0.2) is 4.39 Å². The van der Waals surface area contributed by atoms with Gasteiger partial charge in [-0.2, -0.15) is 0 Å². The molecule has 2 aromatic carbocycles. The first-order chi connectivity index (χ1) is 8.99. The monoisotopic (exact) mass is 385 g/mol. The standard InChI is InChI=1S/C15H14Br2FN/c1-9-13(17)4-3-5-15(9)19-10(2)12-7-6-11(16)8-14(12)18/h3-8,10,19H,1-2H3. The molecule has 0 amide bonds. The third kappa shape index (κ3) is 3.37. The average molecular weight is 387 g/mol. The van der Waals surface area contributed by atoms with Gasteiger partial charge in [0.25, 0.3) is 0 Å². The summed E-state index contributed by atoms with van der Waals surface area (Å²) in [4.78, 5) is 0. The lowest BCUT2D eigenvalue weighted by Gasteiger charge is -2.18. The summed E-state index contributed by atoms with van der Waals surface area (Å²) in [6.45, 7) is 3.98. The molecule has 1 nitrogen and oxygen atoms in total. The third-order valence-electron chi connectivity index (χ3n) is 3.07. The van der Waals surface area contributed by atoms with Crippen LogP contribution in [-0.4, -0.2) is 0 Å². The zero-order valence-electron chi connectivity index (χ0n) is 10.7. The topological polar surface area (TPSA) is 12.0 Å². The van der Waals surface area contributed by atoms with Crippen LogP contribution in [-0.2, 0) is 0 Å². The first kappa shape index (κ1) is 14.5. The number of nitrogens with one attached hydrogen (secondary N) is 1. The molecule has 0 heterocycles. The number of halogens is 3. The van der Waals surface area contributed by atoms with Crippen molar-refractivity contribution < 1.29 is 4.39 Å². The highest BCUT2D eigenvalue weighted by Crippen LogP contribution is 2.28. The summed E-state index contributed by atoms with van der Waals surface area (Å²) in [5.41, 5.74) is 2.78. The molecule has 0 aromatic heterocycles. The van der Waals surface area contributed by atoms with Crippen LogP contribution in [0.1, 0.15) is 24.1 Å². The van der Waals surface area contributed by atoms with Crippen molar-refractivity contribution in [2.45, 2.75) is 19.9 Å². The van der Waals surface area contributed by atoms with Gasteiger partial charge in [0.05, 0.1) is 6.04 Å². The highest BCUT2D eigenvalue weighted by atomic mass is 79.9. The Morgan fingerprint density at radius 2 is 1.89 bits per heavy atom. The molecule has 2 rings (SSSR count). The summed E-state index contributed by atoms with van der Waals surface area (Å²) in [6, 6.07) is 11.0. The van der Waals surface area contributed by atoms with Gasteiger partial charge in [0.2, 0.25) is 0 Å². The van der Waals surface area contributed by atoms with Crippen LogP contribution in [0.5, 0.6) is 0 Å². The SMILES string of the molecule is Cc1c(Br)cccc1NC(C)c1ccc(Br)cc1F. The Bertz CT molecular complexity index is 599. The minimum Gasteiger partial charge on any atom is -0.378 e. The molecule has 0 aliphatic rings. The zero-order valence-corrected chi connectivity index (χ0v) is 13.8. The summed E-state index contributed by atoms with van der Waals surface area (Å²) in [5.74, 6) is -0.206. The first-order valence-electron chi connectivity index (χ1n) is 5.95. The lowest BCUT2D eigenvalue weighted by atomic mass is 10.1. The van der Waals surface area contributed by atoms with E-state index < -0.39 is 0 Å². The van der Waals surface area contributed by atoms with Crippen molar-refractivity contribution in [3.8, 4) is 0 Å². The van der Waals surface area contributed by atoms with Gasteiger partial charge in [-0.15, -0.1) is 0 Å². The summed E-state index contributed by atoms with van der Waals surface area (Å²) in [7, 11) is 0. The van der Waals surface area contributed by atoms with E-state index in [1.165, 1.54) is 6.07 Å². The van der Waals surface area contributed by atoms with E-state index in [9.17, 15) is 4.39 Å². The van der Waals surface area contributed by atoms with E-state index >= 15 is 0 Å². The molecular weight excluding hydrogens is 373 g/mol. The molecule has 0 saturated heterocycles. The van der Waals surface area contributed by atoms with Crippen LogP contribution in [0.3, 0.4) is 0 Å². The van der Waals surface area contributed by atoms with Crippen molar-refractivity contribution in [1.29, 1.82) is 0 Å². The molecule has 1 unspecified atom stereocenters. The van der Waals surface area contributed by atoms with E-state index in [0.717, 1.165) is 20.2 Å². The Balaban J connectivity index is 2.25. The second kappa shape index (κ2) is 6.06. The van der Waals surface area contributed by atoms with Crippen molar-refractivity contribution in [2.75, 3.05) is 5.32 Å². The number of rotatable bonds is 3. The van der Waals surface area contributed by atoms with Crippen LogP contribution in [0, 0.1) is 12.7 Å². The van der Waals surface area contributed by atoms with Gasteiger partial charge in [-0.3, -0.25) is 0 Å². The number of benzene rings is 2. The normalized spacial score (nSPS) is 12.3. The maximum atomic E-state index is 13.9. The van der Waals surface area contributed by atoms with Crippen LogP contribution < -0.4 is 5.32 Å². The molecule has 0 saturated carbocycles. The quantitative estimate of drug-likeness (QED) is 0.699. The molecule has 0 radical (unpaired) electrons. The summed E-state index contributed by atoms with van der Waals surface area (Å²) in [6.07, 6.45) is 0. The summed E-state index contributed by atoms with van der Waals surface area (Å²) in [5, 5.41) is 3.34. The highest BCUT2D eigenvalue weighted by Gasteiger charge is 2.12. The Labute approximate surface area is 129 Å². The van der Waals surface area contributed by atoms with Crippen molar-refractivity contribution >= 4 is 37.5 Å². The van der Waals surface area contributed by atoms with E-state index in [1.807, 2.05) is 38.1 Å². The molecule has 2 aromatic rings. The van der Waals surface area contributed by atoms with Crippen molar-refractivity contribution in [1.82, 2.24) is 0 Å². The lowest BCUT2D eigenvalue weighted by Crippen LogP contribution is -2.09. The molecule has 19 heavy (non-hydrogen) atoms. The third-order valence-corrected chi connectivity index (χ3v) is 4.42. The van der Waals surface area contributed by atoms with Gasteiger partial charge >= 0.3 is 0 Å². The van der Waals surface area contributed by atoms with E-state index in [1.54, 1.807) is 6.07 Å². The fourth-order valence-corrected chi connectivity index (χ4v) is 2.63. The Kier molecular flexibility index (Phi) is 4.63. The number of hydrogen-bond acceptors (Lipinski definition) is 1. The number of hydrogen-bond donors (Lipinski definition) is 1. The van der Waals surface area contributed by atoms with Crippen LogP contribution in [0.4, 0.5) is 10.1 Å². The molecular formula is C15H14Br2FN. The minimum atomic E-state index is -0.206. The van der Waals surface area contributed by atoms with Gasteiger partial charge in [-0.05, 0) is 43.7 Å². The molecule has 1 N–H and O–H groups in total. The van der Waals surface area contributed by atoms with Gasteiger partial charge < -0.3 is 5.32 Å². The molecule has 0 aliphatic heterocycles. The summed E-state index contributed by atoms with van der Waals surface area (Å²) >= 11 is 6.76. The Morgan fingerprint density at radius 3 is 2.58 bits per heavy atom. The molecule has 0 spiro atoms. The molecule has 0 bridgehead atoms. The smallest absolute Gasteiger partial charge is 0.129 e. The fourth-order valence-electron chi connectivity index (χ4n) is 1.93. The van der Waals surface area contributed by atoms with Crippen molar-refractivity contribution in [3.63, 3.8) is 0 Å². The molecule has 0 fully saturated rings. The maximum Gasteiger partial charge on any atom is 0.129 e. The zero-order chi connectivity index (χ0) is 14.0. The van der Waals surface area contributed by atoms with Gasteiger partial charge in [-0.1, -0.05) is 44.0 Å².